The van der Waals surface area contributed by atoms with E-state index in [0.29, 0.717) is 49.1 Å². The number of amides is 1. The zero-order chi connectivity index (χ0) is 19.5. The fourth-order valence-electron chi connectivity index (χ4n) is 4.06. The SMILES string of the molecule is Cc1nc2c(c(=O)[nH]1)CCN(C(=O)c1cn(CC[C@@H]3CCCCN3)nn1)CC2. The topological polar surface area (TPSA) is 109 Å². The van der Waals surface area contributed by atoms with Crippen molar-refractivity contribution < 1.29 is 4.79 Å². The van der Waals surface area contributed by atoms with Crippen LogP contribution in [-0.4, -0.2) is 61.4 Å². The van der Waals surface area contributed by atoms with E-state index in [4.69, 9.17) is 0 Å². The molecule has 2 N–H and O–H groups in total. The Balaban J connectivity index is 1.38. The normalized spacial score (nSPS) is 19.9. The van der Waals surface area contributed by atoms with Gasteiger partial charge in [0.25, 0.3) is 11.5 Å². The van der Waals surface area contributed by atoms with E-state index in [9.17, 15) is 9.59 Å². The lowest BCUT2D eigenvalue weighted by atomic mass is 10.0. The number of aryl methyl sites for hydroxylation is 2. The van der Waals surface area contributed by atoms with Gasteiger partial charge in [-0.3, -0.25) is 14.3 Å². The second kappa shape index (κ2) is 8.22. The van der Waals surface area contributed by atoms with Gasteiger partial charge in [0.05, 0.1) is 11.9 Å². The number of hydrogen-bond donors (Lipinski definition) is 2. The quantitative estimate of drug-likeness (QED) is 0.791. The summed E-state index contributed by atoms with van der Waals surface area (Å²) in [6.07, 6.45) is 7.52. The van der Waals surface area contributed by atoms with Crippen LogP contribution in [0.25, 0.3) is 0 Å². The molecule has 0 radical (unpaired) electrons. The Kier molecular flexibility index (Phi) is 5.52. The van der Waals surface area contributed by atoms with Gasteiger partial charge in [0.15, 0.2) is 5.69 Å². The van der Waals surface area contributed by atoms with Gasteiger partial charge >= 0.3 is 0 Å². The van der Waals surface area contributed by atoms with Gasteiger partial charge in [-0.05, 0) is 39.2 Å². The highest BCUT2D eigenvalue weighted by Crippen LogP contribution is 2.14. The molecule has 1 fully saturated rings. The standard InChI is InChI=1S/C19H27N7O2/c1-13-21-16-7-10-25(9-6-15(16)18(27)22-13)19(28)17-12-26(24-23-17)11-5-14-4-2-3-8-20-14/h12,14,20H,2-11H2,1H3,(H,21,22,27)/t14-/m0/s1. The molecule has 28 heavy (non-hydrogen) atoms. The van der Waals surface area contributed by atoms with Gasteiger partial charge in [0, 0.05) is 37.7 Å². The molecular weight excluding hydrogens is 358 g/mol. The summed E-state index contributed by atoms with van der Waals surface area (Å²) in [5.41, 5.74) is 1.74. The van der Waals surface area contributed by atoms with Crippen LogP contribution in [0.3, 0.4) is 0 Å². The fraction of sp³-hybridized carbons (Fsp3) is 0.632. The number of aromatic nitrogens is 5. The maximum absolute atomic E-state index is 12.9. The van der Waals surface area contributed by atoms with Crippen LogP contribution in [0.15, 0.2) is 11.0 Å². The number of piperidine rings is 1. The number of rotatable bonds is 4. The monoisotopic (exact) mass is 385 g/mol. The van der Waals surface area contributed by atoms with Crippen LogP contribution < -0.4 is 10.9 Å². The second-order valence-corrected chi connectivity index (χ2v) is 7.67. The summed E-state index contributed by atoms with van der Waals surface area (Å²) < 4.78 is 1.76. The average molecular weight is 385 g/mol. The van der Waals surface area contributed by atoms with Crippen molar-refractivity contribution in [2.75, 3.05) is 19.6 Å². The molecule has 4 heterocycles. The molecule has 1 atom stereocenters. The summed E-state index contributed by atoms with van der Waals surface area (Å²) in [6, 6.07) is 0.523. The molecule has 9 heteroatoms. The number of hydrogen-bond acceptors (Lipinski definition) is 6. The zero-order valence-corrected chi connectivity index (χ0v) is 16.3. The molecule has 2 aromatic rings. The van der Waals surface area contributed by atoms with Gasteiger partial charge in [-0.25, -0.2) is 4.98 Å². The highest BCUT2D eigenvalue weighted by Gasteiger charge is 2.24. The maximum atomic E-state index is 12.9. The zero-order valence-electron chi connectivity index (χ0n) is 16.3. The Bertz CT molecular complexity index is 898. The number of nitrogens with zero attached hydrogens (tertiary/aromatic N) is 5. The van der Waals surface area contributed by atoms with E-state index >= 15 is 0 Å². The average Bonchev–Trinajstić information content (AvgIpc) is 3.06. The summed E-state index contributed by atoms with van der Waals surface area (Å²) in [5.74, 6) is 0.474. The molecule has 0 unspecified atom stereocenters. The van der Waals surface area contributed by atoms with Crippen LogP contribution >= 0.6 is 0 Å². The van der Waals surface area contributed by atoms with Crippen LogP contribution in [0, 0.1) is 6.92 Å². The fourth-order valence-corrected chi connectivity index (χ4v) is 4.06. The molecule has 4 rings (SSSR count). The maximum Gasteiger partial charge on any atom is 0.276 e. The number of nitrogens with one attached hydrogen (secondary N) is 2. The molecule has 0 aromatic carbocycles. The van der Waals surface area contributed by atoms with Gasteiger partial charge in [0.2, 0.25) is 0 Å². The molecule has 1 amide bonds. The summed E-state index contributed by atoms with van der Waals surface area (Å²) >= 11 is 0. The van der Waals surface area contributed by atoms with E-state index in [1.807, 2.05) is 0 Å². The first kappa shape index (κ1) is 18.8. The number of H-pyrrole nitrogens is 1. The van der Waals surface area contributed by atoms with E-state index in [1.54, 1.807) is 22.7 Å². The first-order chi connectivity index (χ1) is 13.6. The third-order valence-corrected chi connectivity index (χ3v) is 5.63. The predicted octanol–water partition coefficient (Wildman–Crippen LogP) is 0.443. The molecule has 0 aliphatic carbocycles. The van der Waals surface area contributed by atoms with Crippen molar-refractivity contribution in [2.24, 2.45) is 0 Å². The second-order valence-electron chi connectivity index (χ2n) is 7.67. The van der Waals surface area contributed by atoms with Gasteiger partial charge in [-0.1, -0.05) is 11.6 Å². The van der Waals surface area contributed by atoms with Crippen molar-refractivity contribution in [3.05, 3.63) is 39.3 Å². The Morgan fingerprint density at radius 1 is 1.29 bits per heavy atom. The Morgan fingerprint density at radius 2 is 2.14 bits per heavy atom. The van der Waals surface area contributed by atoms with Gasteiger partial charge in [0.1, 0.15) is 5.82 Å². The van der Waals surface area contributed by atoms with Crippen LogP contribution in [0.4, 0.5) is 0 Å². The van der Waals surface area contributed by atoms with E-state index in [1.165, 1.54) is 19.3 Å². The molecule has 9 nitrogen and oxygen atoms in total. The lowest BCUT2D eigenvalue weighted by molar-refractivity contribution is 0.0757. The van der Waals surface area contributed by atoms with Crippen LogP contribution in [0.5, 0.6) is 0 Å². The summed E-state index contributed by atoms with van der Waals surface area (Å²) in [4.78, 5) is 34.0. The molecule has 2 aliphatic heterocycles. The third kappa shape index (κ3) is 4.14. The Morgan fingerprint density at radius 3 is 2.96 bits per heavy atom. The molecule has 2 aliphatic rings. The van der Waals surface area contributed by atoms with Gasteiger partial charge in [-0.15, -0.1) is 5.10 Å². The molecule has 2 aromatic heterocycles. The molecule has 150 valence electrons. The van der Waals surface area contributed by atoms with Crippen LogP contribution in [0.2, 0.25) is 0 Å². The summed E-state index contributed by atoms with van der Waals surface area (Å²) in [6.45, 7) is 4.62. The summed E-state index contributed by atoms with van der Waals surface area (Å²) in [7, 11) is 0. The predicted molar refractivity (Wildman–Crippen MR) is 103 cm³/mol. The Hall–Kier alpha value is -2.55. The Labute approximate surface area is 163 Å². The molecule has 1 saturated heterocycles. The highest BCUT2D eigenvalue weighted by molar-refractivity contribution is 5.92. The van der Waals surface area contributed by atoms with Crippen molar-refractivity contribution in [3.8, 4) is 0 Å². The van der Waals surface area contributed by atoms with E-state index < -0.39 is 0 Å². The van der Waals surface area contributed by atoms with Crippen molar-refractivity contribution in [2.45, 2.75) is 58.0 Å². The van der Waals surface area contributed by atoms with Crippen LogP contribution in [-0.2, 0) is 19.4 Å². The largest absolute Gasteiger partial charge is 0.336 e. The minimum Gasteiger partial charge on any atom is -0.336 e. The smallest absolute Gasteiger partial charge is 0.276 e. The minimum absolute atomic E-state index is 0.0981. The number of fused-ring (bicyclic) bond motifs is 1. The molecule has 0 saturated carbocycles. The van der Waals surface area contributed by atoms with Crippen molar-refractivity contribution in [3.63, 3.8) is 0 Å². The number of carbonyl (C=O) groups excluding carboxylic acids is 1. The third-order valence-electron chi connectivity index (χ3n) is 5.63. The van der Waals surface area contributed by atoms with E-state index in [0.717, 1.165) is 25.2 Å². The molecular formula is C19H27N7O2. The molecule has 0 spiro atoms. The van der Waals surface area contributed by atoms with Gasteiger partial charge < -0.3 is 15.2 Å². The van der Waals surface area contributed by atoms with Crippen molar-refractivity contribution in [1.29, 1.82) is 0 Å². The van der Waals surface area contributed by atoms with E-state index in [2.05, 4.69) is 25.6 Å². The first-order valence-corrected chi connectivity index (χ1v) is 10.1. The van der Waals surface area contributed by atoms with Crippen molar-refractivity contribution in [1.82, 2.24) is 35.2 Å². The van der Waals surface area contributed by atoms with Gasteiger partial charge in [-0.2, -0.15) is 0 Å². The first-order valence-electron chi connectivity index (χ1n) is 10.1. The number of aromatic amines is 1. The lowest BCUT2D eigenvalue weighted by Gasteiger charge is -2.23. The lowest BCUT2D eigenvalue weighted by Crippen LogP contribution is -2.34. The van der Waals surface area contributed by atoms with Crippen molar-refractivity contribution >= 4 is 5.91 Å². The number of carbonyl (C=O) groups is 1. The van der Waals surface area contributed by atoms with Crippen LogP contribution in [0.1, 0.15) is 53.3 Å². The summed E-state index contributed by atoms with van der Waals surface area (Å²) in [5, 5.41) is 11.7. The highest BCUT2D eigenvalue weighted by atomic mass is 16.2. The van der Waals surface area contributed by atoms with E-state index in [-0.39, 0.29) is 11.5 Å². The minimum atomic E-state index is -0.136. The molecule has 0 bridgehead atoms.